The second kappa shape index (κ2) is 11.9. The van der Waals surface area contributed by atoms with E-state index < -0.39 is 0 Å². The van der Waals surface area contributed by atoms with E-state index in [0.717, 1.165) is 30.8 Å². The molecule has 0 spiro atoms. The molecule has 7 heteroatoms. The Morgan fingerprint density at radius 2 is 1.93 bits per heavy atom. The highest BCUT2D eigenvalue weighted by atomic mass is 32.2. The first-order chi connectivity index (χ1) is 13.1. The number of carbonyl (C=O) groups excluding carboxylic acids is 2. The van der Waals surface area contributed by atoms with Crippen LogP contribution in [0.1, 0.15) is 36.0 Å². The number of hydrogen-bond acceptors (Lipinski definition) is 5. The van der Waals surface area contributed by atoms with Crippen molar-refractivity contribution in [3.05, 3.63) is 29.8 Å². The van der Waals surface area contributed by atoms with Crippen LogP contribution in [0.4, 0.5) is 0 Å². The van der Waals surface area contributed by atoms with E-state index in [1.54, 1.807) is 31.0 Å². The van der Waals surface area contributed by atoms with Crippen LogP contribution < -0.4 is 10.1 Å². The lowest BCUT2D eigenvalue weighted by atomic mass is 10.1. The number of benzene rings is 1. The number of thioether (sulfide) groups is 1. The fourth-order valence-electron chi connectivity index (χ4n) is 2.97. The highest BCUT2D eigenvalue weighted by Gasteiger charge is 2.23. The average Bonchev–Trinajstić information content (AvgIpc) is 2.70. The van der Waals surface area contributed by atoms with E-state index in [1.165, 1.54) is 0 Å². The molecule has 2 rings (SSSR count). The van der Waals surface area contributed by atoms with E-state index in [9.17, 15) is 9.59 Å². The molecule has 0 saturated carbocycles. The van der Waals surface area contributed by atoms with Gasteiger partial charge in [-0.1, -0.05) is 0 Å². The van der Waals surface area contributed by atoms with E-state index in [4.69, 9.17) is 9.47 Å². The van der Waals surface area contributed by atoms with Crippen LogP contribution in [0.15, 0.2) is 24.3 Å². The van der Waals surface area contributed by atoms with Crippen molar-refractivity contribution in [2.75, 3.05) is 45.4 Å². The van der Waals surface area contributed by atoms with Gasteiger partial charge in [0.1, 0.15) is 11.9 Å². The normalized spacial score (nSPS) is 14.8. The van der Waals surface area contributed by atoms with Crippen molar-refractivity contribution in [3.63, 3.8) is 0 Å². The smallest absolute Gasteiger partial charge is 0.251 e. The number of hydrogen-bond donors (Lipinski definition) is 1. The summed E-state index contributed by atoms with van der Waals surface area (Å²) in [6.07, 6.45) is 5.20. The van der Waals surface area contributed by atoms with E-state index in [0.29, 0.717) is 38.2 Å². The Balaban J connectivity index is 1.74. The third-order valence-corrected chi connectivity index (χ3v) is 5.24. The Morgan fingerprint density at radius 1 is 1.22 bits per heavy atom. The predicted molar refractivity (Wildman–Crippen MR) is 108 cm³/mol. The number of likely N-dealkylation sites (tertiary alicyclic amines) is 1. The molecule has 2 amide bonds. The van der Waals surface area contributed by atoms with Crippen LogP contribution in [-0.2, 0) is 9.53 Å². The van der Waals surface area contributed by atoms with Crippen molar-refractivity contribution in [1.82, 2.24) is 10.2 Å². The summed E-state index contributed by atoms with van der Waals surface area (Å²) in [6.45, 7) is 2.58. The maximum absolute atomic E-state index is 12.1. The second-order valence-corrected chi connectivity index (χ2v) is 7.55. The zero-order valence-corrected chi connectivity index (χ0v) is 17.1. The molecule has 1 aliphatic rings. The lowest BCUT2D eigenvalue weighted by Crippen LogP contribution is -2.42. The molecule has 1 aromatic rings. The molecule has 0 bridgehead atoms. The first-order valence-electron chi connectivity index (χ1n) is 9.44. The van der Waals surface area contributed by atoms with Crippen molar-refractivity contribution in [3.8, 4) is 5.75 Å². The molecule has 0 aliphatic carbocycles. The number of methoxy groups -OCH3 is 1. The first-order valence-corrected chi connectivity index (χ1v) is 10.8. The predicted octanol–water partition coefficient (Wildman–Crippen LogP) is 2.58. The van der Waals surface area contributed by atoms with Crippen LogP contribution in [0.3, 0.4) is 0 Å². The minimum Gasteiger partial charge on any atom is -0.490 e. The van der Waals surface area contributed by atoms with Gasteiger partial charge in [0.25, 0.3) is 5.91 Å². The van der Waals surface area contributed by atoms with Gasteiger partial charge in [0.15, 0.2) is 0 Å². The molecule has 1 heterocycles. The Hall–Kier alpha value is -1.73. The van der Waals surface area contributed by atoms with Crippen LogP contribution in [0.25, 0.3) is 0 Å². The number of piperidine rings is 1. The number of nitrogens with zero attached hydrogens (tertiary/aromatic N) is 1. The van der Waals surface area contributed by atoms with Crippen molar-refractivity contribution >= 4 is 23.6 Å². The monoisotopic (exact) mass is 394 g/mol. The summed E-state index contributed by atoms with van der Waals surface area (Å²) in [5.41, 5.74) is 0.644. The summed E-state index contributed by atoms with van der Waals surface area (Å²) in [6, 6.07) is 7.27. The van der Waals surface area contributed by atoms with Gasteiger partial charge in [-0.2, -0.15) is 11.8 Å². The molecule has 0 unspecified atom stereocenters. The van der Waals surface area contributed by atoms with E-state index in [2.05, 4.69) is 11.6 Å². The number of carbonyl (C=O) groups is 2. The fourth-order valence-corrected chi connectivity index (χ4v) is 3.40. The lowest BCUT2D eigenvalue weighted by molar-refractivity contribution is -0.133. The topological polar surface area (TPSA) is 67.9 Å². The van der Waals surface area contributed by atoms with Gasteiger partial charge < -0.3 is 19.7 Å². The van der Waals surface area contributed by atoms with E-state index >= 15 is 0 Å². The summed E-state index contributed by atoms with van der Waals surface area (Å²) < 4.78 is 11.0. The van der Waals surface area contributed by atoms with Gasteiger partial charge in [-0.15, -0.1) is 0 Å². The molecule has 1 aromatic carbocycles. The molecule has 150 valence electrons. The quantitative estimate of drug-likeness (QED) is 0.618. The minimum atomic E-state index is -0.0504. The molecule has 1 fully saturated rings. The second-order valence-electron chi connectivity index (χ2n) is 6.57. The van der Waals surface area contributed by atoms with Gasteiger partial charge in [-0.3, -0.25) is 9.59 Å². The molecule has 1 N–H and O–H groups in total. The van der Waals surface area contributed by atoms with Gasteiger partial charge in [0, 0.05) is 45.1 Å². The zero-order chi connectivity index (χ0) is 19.5. The minimum absolute atomic E-state index is 0.0504. The van der Waals surface area contributed by atoms with Gasteiger partial charge in [-0.25, -0.2) is 0 Å². The highest BCUT2D eigenvalue weighted by Crippen LogP contribution is 2.20. The standard InChI is InChI=1S/C20H30N2O4S/c1-25-14-10-19(23)22-12-8-18(9-13-22)26-17-6-4-16(5-7-17)20(24)21-11-3-15-27-2/h4-7,18H,3,8-15H2,1-2H3,(H,21,24). The fraction of sp³-hybridized carbons (Fsp3) is 0.600. The largest absolute Gasteiger partial charge is 0.490 e. The van der Waals surface area contributed by atoms with E-state index in [-0.39, 0.29) is 17.9 Å². The summed E-state index contributed by atoms with van der Waals surface area (Å²) in [7, 11) is 1.61. The van der Waals surface area contributed by atoms with Crippen LogP contribution in [0, 0.1) is 0 Å². The molecule has 0 atom stereocenters. The molecule has 0 radical (unpaired) electrons. The molecule has 27 heavy (non-hydrogen) atoms. The maximum atomic E-state index is 12.1. The number of rotatable bonds is 10. The average molecular weight is 395 g/mol. The van der Waals surface area contributed by atoms with Crippen molar-refractivity contribution in [1.29, 1.82) is 0 Å². The van der Waals surface area contributed by atoms with Gasteiger partial charge >= 0.3 is 0 Å². The molecule has 1 aliphatic heterocycles. The summed E-state index contributed by atoms with van der Waals surface area (Å²) >= 11 is 1.78. The molecular formula is C20H30N2O4S. The number of ether oxygens (including phenoxy) is 2. The Morgan fingerprint density at radius 3 is 2.56 bits per heavy atom. The molecule has 1 saturated heterocycles. The molecular weight excluding hydrogens is 364 g/mol. The number of nitrogens with one attached hydrogen (secondary N) is 1. The Kier molecular flexibility index (Phi) is 9.48. The van der Waals surface area contributed by atoms with Gasteiger partial charge in [0.2, 0.25) is 5.91 Å². The van der Waals surface area contributed by atoms with Crippen LogP contribution in [-0.4, -0.2) is 68.2 Å². The van der Waals surface area contributed by atoms with Crippen molar-refractivity contribution in [2.45, 2.75) is 31.8 Å². The summed E-state index contributed by atoms with van der Waals surface area (Å²) in [5.74, 6) is 1.90. The van der Waals surface area contributed by atoms with Crippen LogP contribution in [0.5, 0.6) is 5.75 Å². The van der Waals surface area contributed by atoms with Crippen LogP contribution in [0.2, 0.25) is 0 Å². The Bertz CT molecular complexity index is 586. The molecule has 0 aromatic heterocycles. The van der Waals surface area contributed by atoms with Gasteiger partial charge in [0.05, 0.1) is 13.0 Å². The maximum Gasteiger partial charge on any atom is 0.251 e. The molecule has 6 nitrogen and oxygen atoms in total. The third kappa shape index (κ3) is 7.42. The SMILES string of the molecule is COCCC(=O)N1CCC(Oc2ccc(C(=O)NCCCSC)cc2)CC1. The van der Waals surface area contributed by atoms with Crippen molar-refractivity contribution < 1.29 is 19.1 Å². The summed E-state index contributed by atoms with van der Waals surface area (Å²) in [4.78, 5) is 26.0. The third-order valence-electron chi connectivity index (χ3n) is 4.54. The zero-order valence-electron chi connectivity index (χ0n) is 16.2. The highest BCUT2D eigenvalue weighted by molar-refractivity contribution is 7.98. The van der Waals surface area contributed by atoms with Crippen LogP contribution >= 0.6 is 11.8 Å². The van der Waals surface area contributed by atoms with Gasteiger partial charge in [-0.05, 0) is 42.7 Å². The summed E-state index contributed by atoms with van der Waals surface area (Å²) in [5, 5.41) is 2.93. The Labute approximate surface area is 166 Å². The lowest BCUT2D eigenvalue weighted by Gasteiger charge is -2.32. The number of amides is 2. The first kappa shape index (κ1) is 21.6. The van der Waals surface area contributed by atoms with Crippen molar-refractivity contribution in [2.24, 2.45) is 0 Å². The van der Waals surface area contributed by atoms with E-state index in [1.807, 2.05) is 17.0 Å².